The Morgan fingerprint density at radius 1 is 0.931 bits per heavy atom. The van der Waals surface area contributed by atoms with E-state index in [-0.39, 0.29) is 18.2 Å². The summed E-state index contributed by atoms with van der Waals surface area (Å²) < 4.78 is 5.37. The average Bonchev–Trinajstić information content (AvgIpc) is 3.22. The van der Waals surface area contributed by atoms with Crippen LogP contribution in [0.1, 0.15) is 21.6 Å². The van der Waals surface area contributed by atoms with Gasteiger partial charge in [-0.2, -0.15) is 0 Å². The molecule has 29 heavy (non-hydrogen) atoms. The maximum absolute atomic E-state index is 12.7. The van der Waals surface area contributed by atoms with E-state index >= 15 is 0 Å². The fourth-order valence-electron chi connectivity index (χ4n) is 3.52. The lowest BCUT2D eigenvalue weighted by Crippen LogP contribution is -2.51. The minimum absolute atomic E-state index is 0.000524. The van der Waals surface area contributed by atoms with Crippen molar-refractivity contribution in [1.29, 1.82) is 0 Å². The highest BCUT2D eigenvalue weighted by molar-refractivity contribution is 5.94. The van der Waals surface area contributed by atoms with Crippen LogP contribution in [0.4, 0.5) is 0 Å². The molecule has 148 valence electrons. The molecule has 6 nitrogen and oxygen atoms in total. The Balaban J connectivity index is 1.32. The van der Waals surface area contributed by atoms with Crippen LogP contribution in [0.3, 0.4) is 0 Å². The van der Waals surface area contributed by atoms with Crippen molar-refractivity contribution < 1.29 is 14.1 Å². The van der Waals surface area contributed by atoms with E-state index in [2.05, 4.69) is 5.16 Å². The molecule has 0 aliphatic carbocycles. The van der Waals surface area contributed by atoms with E-state index in [1.807, 2.05) is 72.5 Å². The highest BCUT2D eigenvalue weighted by Gasteiger charge is 2.25. The number of amides is 2. The maximum Gasteiger partial charge on any atom is 0.253 e. The summed E-state index contributed by atoms with van der Waals surface area (Å²) in [6.45, 7) is 4.10. The van der Waals surface area contributed by atoms with Gasteiger partial charge in [-0.3, -0.25) is 9.59 Å². The largest absolute Gasteiger partial charge is 0.356 e. The fraction of sp³-hybridized carbons (Fsp3) is 0.261. The van der Waals surface area contributed by atoms with Crippen molar-refractivity contribution in [2.75, 3.05) is 26.2 Å². The third-order valence-electron chi connectivity index (χ3n) is 5.13. The Labute approximate surface area is 169 Å². The predicted octanol–water partition coefficient (Wildman–Crippen LogP) is 3.18. The van der Waals surface area contributed by atoms with Gasteiger partial charge >= 0.3 is 0 Å². The molecule has 1 fully saturated rings. The first-order chi connectivity index (χ1) is 14.1. The number of aryl methyl sites for hydroxylation is 1. The SMILES string of the molecule is Cc1cccc(C(=O)N2CCN(C(=O)Cc3cc(-c4ccccc4)on3)CC2)c1. The normalized spacial score (nSPS) is 14.1. The zero-order valence-electron chi connectivity index (χ0n) is 16.4. The molecule has 0 N–H and O–H groups in total. The van der Waals surface area contributed by atoms with Crippen LogP contribution in [-0.2, 0) is 11.2 Å². The Bertz CT molecular complexity index is 1000. The summed E-state index contributed by atoms with van der Waals surface area (Å²) in [6.07, 6.45) is 0.197. The van der Waals surface area contributed by atoms with Gasteiger partial charge < -0.3 is 14.3 Å². The van der Waals surface area contributed by atoms with Gasteiger partial charge in [0, 0.05) is 43.4 Å². The molecule has 0 atom stereocenters. The second kappa shape index (κ2) is 8.31. The Hall–Kier alpha value is -3.41. The maximum atomic E-state index is 12.7. The number of benzene rings is 2. The van der Waals surface area contributed by atoms with Crippen LogP contribution in [0, 0.1) is 6.92 Å². The molecule has 4 rings (SSSR count). The van der Waals surface area contributed by atoms with Crippen molar-refractivity contribution in [2.24, 2.45) is 0 Å². The zero-order chi connectivity index (χ0) is 20.2. The van der Waals surface area contributed by atoms with Crippen molar-refractivity contribution in [3.63, 3.8) is 0 Å². The molecule has 2 amide bonds. The second-order valence-electron chi connectivity index (χ2n) is 7.27. The van der Waals surface area contributed by atoms with Crippen LogP contribution in [0.25, 0.3) is 11.3 Å². The van der Waals surface area contributed by atoms with Gasteiger partial charge in [-0.25, -0.2) is 0 Å². The van der Waals surface area contributed by atoms with E-state index in [1.165, 1.54) is 0 Å². The number of rotatable bonds is 4. The van der Waals surface area contributed by atoms with Gasteiger partial charge in [-0.15, -0.1) is 0 Å². The molecule has 0 spiro atoms. The van der Waals surface area contributed by atoms with Crippen molar-refractivity contribution >= 4 is 11.8 Å². The van der Waals surface area contributed by atoms with Crippen LogP contribution >= 0.6 is 0 Å². The van der Waals surface area contributed by atoms with Crippen molar-refractivity contribution in [3.8, 4) is 11.3 Å². The number of nitrogens with zero attached hydrogens (tertiary/aromatic N) is 3. The Morgan fingerprint density at radius 2 is 1.66 bits per heavy atom. The number of hydrogen-bond donors (Lipinski definition) is 0. The number of carbonyl (C=O) groups excluding carboxylic acids is 2. The van der Waals surface area contributed by atoms with E-state index in [0.717, 1.165) is 11.1 Å². The summed E-state index contributed by atoms with van der Waals surface area (Å²) in [5, 5.41) is 4.03. The van der Waals surface area contributed by atoms with E-state index in [1.54, 1.807) is 4.90 Å². The third kappa shape index (κ3) is 4.37. The third-order valence-corrected chi connectivity index (χ3v) is 5.13. The number of carbonyl (C=O) groups is 2. The monoisotopic (exact) mass is 389 g/mol. The molecule has 1 aliphatic rings. The average molecular weight is 389 g/mol. The van der Waals surface area contributed by atoms with Crippen LogP contribution in [0.5, 0.6) is 0 Å². The van der Waals surface area contributed by atoms with Crippen LogP contribution < -0.4 is 0 Å². The summed E-state index contributed by atoms with van der Waals surface area (Å²) in [7, 11) is 0. The molecular weight excluding hydrogens is 366 g/mol. The molecule has 0 saturated carbocycles. The lowest BCUT2D eigenvalue weighted by Gasteiger charge is -2.34. The summed E-state index contributed by atoms with van der Waals surface area (Å²) in [5.41, 5.74) is 3.31. The van der Waals surface area contributed by atoms with Gasteiger partial charge in [0.25, 0.3) is 5.91 Å². The molecule has 1 aromatic heterocycles. The number of aromatic nitrogens is 1. The quantitative estimate of drug-likeness (QED) is 0.687. The van der Waals surface area contributed by atoms with E-state index < -0.39 is 0 Å². The molecule has 2 aromatic carbocycles. The van der Waals surface area contributed by atoms with Gasteiger partial charge in [0.2, 0.25) is 5.91 Å². The molecule has 6 heteroatoms. The minimum Gasteiger partial charge on any atom is -0.356 e. The first kappa shape index (κ1) is 18.9. The standard InChI is InChI=1S/C23H23N3O3/c1-17-6-5-9-19(14-17)23(28)26-12-10-25(11-13-26)22(27)16-20-15-21(29-24-20)18-7-3-2-4-8-18/h2-9,14-15H,10-13,16H2,1H3. The van der Waals surface area contributed by atoms with Crippen LogP contribution in [0.2, 0.25) is 0 Å². The van der Waals surface area contributed by atoms with E-state index in [0.29, 0.717) is 43.2 Å². The smallest absolute Gasteiger partial charge is 0.253 e. The fourth-order valence-corrected chi connectivity index (χ4v) is 3.52. The highest BCUT2D eigenvalue weighted by atomic mass is 16.5. The van der Waals surface area contributed by atoms with Gasteiger partial charge in [0.15, 0.2) is 5.76 Å². The summed E-state index contributed by atoms with van der Waals surface area (Å²) in [5.74, 6) is 0.673. The lowest BCUT2D eigenvalue weighted by atomic mass is 10.1. The van der Waals surface area contributed by atoms with Gasteiger partial charge in [-0.05, 0) is 19.1 Å². The summed E-state index contributed by atoms with van der Waals surface area (Å²) >= 11 is 0. The molecule has 3 aromatic rings. The Morgan fingerprint density at radius 3 is 2.38 bits per heavy atom. The van der Waals surface area contributed by atoms with Crippen molar-refractivity contribution in [3.05, 3.63) is 77.5 Å². The number of hydrogen-bond acceptors (Lipinski definition) is 4. The zero-order valence-corrected chi connectivity index (χ0v) is 16.4. The molecule has 1 aliphatic heterocycles. The van der Waals surface area contributed by atoms with Gasteiger partial charge in [0.1, 0.15) is 0 Å². The second-order valence-corrected chi connectivity index (χ2v) is 7.27. The Kier molecular flexibility index (Phi) is 5.42. The lowest BCUT2D eigenvalue weighted by molar-refractivity contribution is -0.132. The molecule has 0 unspecified atom stereocenters. The first-order valence-electron chi connectivity index (χ1n) is 9.75. The summed E-state index contributed by atoms with van der Waals surface area (Å²) in [6, 6.07) is 19.1. The van der Waals surface area contributed by atoms with Crippen molar-refractivity contribution in [2.45, 2.75) is 13.3 Å². The van der Waals surface area contributed by atoms with Crippen LogP contribution in [0.15, 0.2) is 65.2 Å². The number of piperazine rings is 1. The predicted molar refractivity (Wildman–Crippen MR) is 109 cm³/mol. The molecule has 0 radical (unpaired) electrons. The van der Waals surface area contributed by atoms with Gasteiger partial charge in [-0.1, -0.05) is 53.2 Å². The van der Waals surface area contributed by atoms with Crippen LogP contribution in [-0.4, -0.2) is 52.9 Å². The van der Waals surface area contributed by atoms with E-state index in [9.17, 15) is 9.59 Å². The molecule has 2 heterocycles. The topological polar surface area (TPSA) is 66.7 Å². The molecule has 1 saturated heterocycles. The van der Waals surface area contributed by atoms with E-state index in [4.69, 9.17) is 4.52 Å². The highest BCUT2D eigenvalue weighted by Crippen LogP contribution is 2.20. The molecular formula is C23H23N3O3. The minimum atomic E-state index is 0.000524. The van der Waals surface area contributed by atoms with Crippen molar-refractivity contribution in [1.82, 2.24) is 15.0 Å². The van der Waals surface area contributed by atoms with Gasteiger partial charge in [0.05, 0.1) is 12.1 Å². The molecule has 0 bridgehead atoms. The summed E-state index contributed by atoms with van der Waals surface area (Å²) in [4.78, 5) is 28.9. The first-order valence-corrected chi connectivity index (χ1v) is 9.75.